The van der Waals surface area contributed by atoms with Crippen molar-refractivity contribution in [3.8, 4) is 0 Å². The molecule has 1 aliphatic heterocycles. The Morgan fingerprint density at radius 3 is 2.67 bits per heavy atom. The molecular weight excluding hydrogens is 414 g/mol. The predicted molar refractivity (Wildman–Crippen MR) is 130 cm³/mol. The number of aliphatic hydroxyl groups excluding tert-OH is 1. The molecule has 2 aromatic carbocycles. The molecule has 5 nitrogen and oxygen atoms in total. The number of methoxy groups -OCH3 is 1. The second-order valence-electron chi connectivity index (χ2n) is 8.87. The van der Waals surface area contributed by atoms with Gasteiger partial charge in [-0.2, -0.15) is 0 Å². The zero-order chi connectivity index (χ0) is 23.6. The molecule has 1 aliphatic rings. The van der Waals surface area contributed by atoms with Crippen LogP contribution in [0.4, 0.5) is 0 Å². The Morgan fingerprint density at radius 2 is 1.91 bits per heavy atom. The summed E-state index contributed by atoms with van der Waals surface area (Å²) in [7, 11) is 1.38. The number of esters is 1. The van der Waals surface area contributed by atoms with Gasteiger partial charge in [-0.1, -0.05) is 61.5 Å². The quantitative estimate of drug-likeness (QED) is 0.403. The van der Waals surface area contributed by atoms with Crippen LogP contribution in [0.3, 0.4) is 0 Å². The highest BCUT2D eigenvalue weighted by molar-refractivity contribution is 5.89. The number of ether oxygens (including phenoxy) is 1. The molecule has 0 aromatic heterocycles. The molecule has 1 amide bonds. The first-order chi connectivity index (χ1) is 16.0. The molecule has 0 unspecified atom stereocenters. The number of benzene rings is 2. The lowest BCUT2D eigenvalue weighted by atomic mass is 9.95. The molecule has 1 saturated heterocycles. The predicted octanol–water partition coefficient (Wildman–Crippen LogP) is 4.58. The number of carbonyl (C=O) groups excluding carboxylic acids is 2. The summed E-state index contributed by atoms with van der Waals surface area (Å²) in [4.78, 5) is 26.1. The Hall–Kier alpha value is -2.92. The van der Waals surface area contributed by atoms with Crippen molar-refractivity contribution in [2.45, 2.75) is 57.6 Å². The van der Waals surface area contributed by atoms with E-state index in [2.05, 4.69) is 19.1 Å². The van der Waals surface area contributed by atoms with E-state index in [1.807, 2.05) is 53.5 Å². The first-order valence-corrected chi connectivity index (χ1v) is 11.8. The van der Waals surface area contributed by atoms with Gasteiger partial charge in [0.1, 0.15) is 0 Å². The van der Waals surface area contributed by atoms with Gasteiger partial charge in [-0.25, -0.2) is 4.79 Å². The number of hydrogen-bond acceptors (Lipinski definition) is 4. The number of hydrogen-bond donors (Lipinski definition) is 1. The third kappa shape index (κ3) is 7.29. The maximum Gasteiger partial charge on any atom is 0.337 e. The molecule has 3 rings (SSSR count). The molecular formula is C28H35NO4. The molecule has 1 heterocycles. The highest BCUT2D eigenvalue weighted by Crippen LogP contribution is 2.22. The average molecular weight is 450 g/mol. The van der Waals surface area contributed by atoms with E-state index in [9.17, 15) is 14.7 Å². The summed E-state index contributed by atoms with van der Waals surface area (Å²) in [6, 6.07) is 17.8. The van der Waals surface area contributed by atoms with Gasteiger partial charge in [0.15, 0.2) is 0 Å². The number of likely N-dealkylation sites (tertiary alicyclic amines) is 1. The van der Waals surface area contributed by atoms with E-state index in [1.54, 1.807) is 6.07 Å². The molecule has 1 N–H and O–H groups in total. The summed E-state index contributed by atoms with van der Waals surface area (Å²) in [6.07, 6.45) is 8.14. The van der Waals surface area contributed by atoms with Gasteiger partial charge in [-0.15, -0.1) is 0 Å². The van der Waals surface area contributed by atoms with Crippen molar-refractivity contribution in [3.05, 3.63) is 83.4 Å². The lowest BCUT2D eigenvalue weighted by Crippen LogP contribution is -2.33. The van der Waals surface area contributed by atoms with Crippen LogP contribution in [0.25, 0.3) is 0 Å². The maximum absolute atomic E-state index is 12.4. The van der Waals surface area contributed by atoms with Gasteiger partial charge in [0.2, 0.25) is 5.91 Å². The Balaban J connectivity index is 1.48. The van der Waals surface area contributed by atoms with Crippen LogP contribution in [0.5, 0.6) is 0 Å². The Morgan fingerprint density at radius 1 is 1.15 bits per heavy atom. The van der Waals surface area contributed by atoms with Crippen molar-refractivity contribution in [1.29, 1.82) is 0 Å². The lowest BCUT2D eigenvalue weighted by molar-refractivity contribution is -0.128. The first kappa shape index (κ1) is 24.7. The fourth-order valence-electron chi connectivity index (χ4n) is 4.31. The van der Waals surface area contributed by atoms with Gasteiger partial charge in [0, 0.05) is 13.0 Å². The third-order valence-electron chi connectivity index (χ3n) is 6.43. The number of carbonyl (C=O) groups is 2. The Bertz CT molecular complexity index is 940. The molecule has 176 valence electrons. The summed E-state index contributed by atoms with van der Waals surface area (Å²) in [5.74, 6) is -0.0259. The van der Waals surface area contributed by atoms with Gasteiger partial charge >= 0.3 is 5.97 Å². The van der Waals surface area contributed by atoms with Crippen molar-refractivity contribution in [2.24, 2.45) is 5.92 Å². The molecule has 0 spiro atoms. The second kappa shape index (κ2) is 12.4. The van der Waals surface area contributed by atoms with Gasteiger partial charge in [-0.05, 0) is 61.3 Å². The fraction of sp³-hybridized carbons (Fsp3) is 0.429. The number of aryl methyl sites for hydroxylation is 2. The van der Waals surface area contributed by atoms with Crippen molar-refractivity contribution >= 4 is 11.9 Å². The minimum absolute atomic E-state index is 0.0369. The van der Waals surface area contributed by atoms with E-state index in [4.69, 9.17) is 4.74 Å². The van der Waals surface area contributed by atoms with Crippen molar-refractivity contribution in [2.75, 3.05) is 13.7 Å². The molecule has 5 heteroatoms. The minimum atomic E-state index is -0.521. The summed E-state index contributed by atoms with van der Waals surface area (Å²) in [6.45, 7) is 2.73. The van der Waals surface area contributed by atoms with Crippen molar-refractivity contribution in [3.63, 3.8) is 0 Å². The van der Waals surface area contributed by atoms with Crippen molar-refractivity contribution in [1.82, 2.24) is 4.90 Å². The molecule has 0 bridgehead atoms. The number of aliphatic hydroxyl groups is 1. The highest BCUT2D eigenvalue weighted by atomic mass is 16.5. The maximum atomic E-state index is 12.4. The third-order valence-corrected chi connectivity index (χ3v) is 6.43. The Labute approximate surface area is 197 Å². The van der Waals surface area contributed by atoms with E-state index >= 15 is 0 Å². The largest absolute Gasteiger partial charge is 0.465 e. The molecule has 1 fully saturated rings. The monoisotopic (exact) mass is 449 g/mol. The average Bonchev–Trinajstić information content (AvgIpc) is 3.20. The molecule has 0 radical (unpaired) electrons. The van der Waals surface area contributed by atoms with E-state index < -0.39 is 6.10 Å². The summed E-state index contributed by atoms with van der Waals surface area (Å²) < 4.78 is 4.79. The van der Waals surface area contributed by atoms with Gasteiger partial charge < -0.3 is 14.7 Å². The smallest absolute Gasteiger partial charge is 0.337 e. The van der Waals surface area contributed by atoms with Crippen LogP contribution in [0.1, 0.15) is 54.1 Å². The number of rotatable bonds is 11. The molecule has 2 aromatic rings. The van der Waals surface area contributed by atoms with Gasteiger partial charge in [0.25, 0.3) is 0 Å². The van der Waals surface area contributed by atoms with Crippen LogP contribution in [0.15, 0.2) is 66.7 Å². The van der Waals surface area contributed by atoms with Crippen LogP contribution < -0.4 is 0 Å². The molecule has 0 aliphatic carbocycles. The minimum Gasteiger partial charge on any atom is -0.465 e. The normalized spacial score (nSPS) is 18.0. The van der Waals surface area contributed by atoms with Crippen molar-refractivity contribution < 1.29 is 19.4 Å². The summed E-state index contributed by atoms with van der Waals surface area (Å²) in [5.41, 5.74) is 2.88. The molecule has 33 heavy (non-hydrogen) atoms. The highest BCUT2D eigenvalue weighted by Gasteiger charge is 2.28. The van der Waals surface area contributed by atoms with E-state index in [-0.39, 0.29) is 23.8 Å². The zero-order valence-electron chi connectivity index (χ0n) is 19.7. The van der Waals surface area contributed by atoms with Crippen LogP contribution in [0, 0.1) is 5.92 Å². The van der Waals surface area contributed by atoms with Crippen LogP contribution in [0.2, 0.25) is 0 Å². The topological polar surface area (TPSA) is 66.8 Å². The van der Waals surface area contributed by atoms with E-state index in [1.165, 1.54) is 12.7 Å². The summed E-state index contributed by atoms with van der Waals surface area (Å²) in [5, 5.41) is 10.6. The van der Waals surface area contributed by atoms with Crippen LogP contribution >= 0.6 is 0 Å². The lowest BCUT2D eigenvalue weighted by Gasteiger charge is -2.23. The second-order valence-corrected chi connectivity index (χ2v) is 8.87. The SMILES string of the molecule is COC(=O)c1cccc(CCCN2C(=O)CC[C@@H]2C=C[C@H](O)[C@@H](C)CCc2ccccc2)c1. The summed E-state index contributed by atoms with van der Waals surface area (Å²) >= 11 is 0. The standard InChI is InChI=1S/C28H35NO4/c1-21(13-14-22-8-4-3-5-9-22)26(30)17-15-25-16-18-27(31)29(25)19-7-11-23-10-6-12-24(20-23)28(32)33-2/h3-6,8-10,12,15,17,20-21,25-26,30H,7,11,13-14,16,18-19H2,1-2H3/t21-,25-,26-/m0/s1. The van der Waals surface area contributed by atoms with E-state index in [0.717, 1.165) is 37.7 Å². The Kier molecular flexibility index (Phi) is 9.25. The van der Waals surface area contributed by atoms with Gasteiger partial charge in [-0.3, -0.25) is 4.79 Å². The van der Waals surface area contributed by atoms with Gasteiger partial charge in [0.05, 0.1) is 24.8 Å². The number of amides is 1. The molecule has 3 atom stereocenters. The number of nitrogens with zero attached hydrogens (tertiary/aromatic N) is 1. The van der Waals surface area contributed by atoms with E-state index in [0.29, 0.717) is 18.5 Å². The first-order valence-electron chi connectivity index (χ1n) is 11.8. The fourth-order valence-corrected chi connectivity index (χ4v) is 4.31. The molecule has 0 saturated carbocycles. The zero-order valence-corrected chi connectivity index (χ0v) is 19.7. The van der Waals surface area contributed by atoms with Crippen LogP contribution in [-0.4, -0.2) is 47.7 Å². The van der Waals surface area contributed by atoms with Crippen LogP contribution in [-0.2, 0) is 22.4 Å².